The van der Waals surface area contributed by atoms with Gasteiger partial charge < -0.3 is 5.11 Å². The molecule has 1 N–H and O–H groups in total. The fraction of sp³-hybridized carbons (Fsp3) is 0.0625. The van der Waals surface area contributed by atoms with E-state index in [1.165, 1.54) is 21.6 Å². The van der Waals surface area contributed by atoms with Crippen molar-refractivity contribution in [2.75, 3.05) is 0 Å². The average molecular weight is 399 g/mol. The Kier molecular flexibility index (Phi) is 4.85. The predicted molar refractivity (Wildman–Crippen MR) is 95.4 cm³/mol. The van der Waals surface area contributed by atoms with E-state index in [-0.39, 0.29) is 17.1 Å². The Balaban J connectivity index is 2.19. The van der Waals surface area contributed by atoms with Crippen LogP contribution in [0.15, 0.2) is 47.4 Å². The van der Waals surface area contributed by atoms with Crippen LogP contribution >= 0.6 is 34.8 Å². The van der Waals surface area contributed by atoms with Gasteiger partial charge in [0.15, 0.2) is 0 Å². The van der Waals surface area contributed by atoms with Crippen LogP contribution in [0.1, 0.15) is 16.1 Å². The van der Waals surface area contributed by atoms with Crippen LogP contribution in [0.2, 0.25) is 15.2 Å². The van der Waals surface area contributed by atoms with E-state index < -0.39 is 11.5 Å². The smallest absolute Gasteiger partial charge is 0.342 e. The highest BCUT2D eigenvalue weighted by atomic mass is 35.5. The Morgan fingerprint density at radius 2 is 1.92 bits per heavy atom. The first-order valence-corrected chi connectivity index (χ1v) is 8.13. The van der Waals surface area contributed by atoms with Crippen LogP contribution in [0, 0.1) is 0 Å². The second-order valence-corrected chi connectivity index (χ2v) is 6.34. The van der Waals surface area contributed by atoms with Crippen LogP contribution in [-0.2, 0) is 6.54 Å². The fourth-order valence-electron chi connectivity index (χ4n) is 2.36. The molecular weight excluding hydrogens is 389 g/mol. The van der Waals surface area contributed by atoms with Gasteiger partial charge in [0, 0.05) is 11.2 Å². The number of carboxylic acids is 1. The zero-order chi connectivity index (χ0) is 18.1. The molecular formula is C16H10Cl3N3O3. The van der Waals surface area contributed by atoms with Crippen LogP contribution in [0.5, 0.6) is 0 Å². The zero-order valence-corrected chi connectivity index (χ0v) is 14.8. The number of hydrogen-bond donors (Lipinski definition) is 1. The minimum atomic E-state index is -1.33. The maximum Gasteiger partial charge on any atom is 0.342 e. The number of aromatic carboxylic acids is 1. The molecule has 6 nitrogen and oxygen atoms in total. The molecule has 3 aromatic rings. The van der Waals surface area contributed by atoms with E-state index in [1.807, 2.05) is 0 Å². The summed E-state index contributed by atoms with van der Waals surface area (Å²) in [4.78, 5) is 28.0. The van der Waals surface area contributed by atoms with Crippen LogP contribution < -0.4 is 5.56 Å². The minimum Gasteiger partial charge on any atom is -0.477 e. The van der Waals surface area contributed by atoms with Crippen LogP contribution in [0.3, 0.4) is 0 Å². The molecule has 0 saturated heterocycles. The van der Waals surface area contributed by atoms with Gasteiger partial charge in [-0.3, -0.25) is 9.48 Å². The van der Waals surface area contributed by atoms with Crippen molar-refractivity contribution in [1.82, 2.24) is 14.3 Å². The molecule has 0 fully saturated rings. The highest BCUT2D eigenvalue weighted by molar-refractivity contribution is 6.35. The van der Waals surface area contributed by atoms with E-state index in [9.17, 15) is 14.7 Å². The molecule has 3 rings (SSSR count). The summed E-state index contributed by atoms with van der Waals surface area (Å²) in [6, 6.07) is 9.62. The van der Waals surface area contributed by atoms with Gasteiger partial charge in [0.2, 0.25) is 0 Å². The maximum atomic E-state index is 12.5. The van der Waals surface area contributed by atoms with Crippen LogP contribution in [-0.4, -0.2) is 25.4 Å². The van der Waals surface area contributed by atoms with Gasteiger partial charge >= 0.3 is 5.97 Å². The number of carboxylic acid groups (broad SMARTS) is 1. The number of rotatable bonds is 4. The van der Waals surface area contributed by atoms with Gasteiger partial charge in [-0.2, -0.15) is 0 Å². The maximum absolute atomic E-state index is 12.5. The Morgan fingerprint density at radius 1 is 1.16 bits per heavy atom. The standard InChI is InChI=1S/C16H10Cl3N3O3/c17-9-4-5-13(12(18)6-9)22-15(23)11(16(24)25)8-21(22)7-10-2-1-3-14(19)20-10/h1-6,8H,7H2,(H,24,25). The number of nitrogens with zero attached hydrogens (tertiary/aromatic N) is 3. The predicted octanol–water partition coefficient (Wildman–Crippen LogP) is 3.74. The highest BCUT2D eigenvalue weighted by Gasteiger charge is 2.20. The summed E-state index contributed by atoms with van der Waals surface area (Å²) in [5.74, 6) is -1.33. The normalized spacial score (nSPS) is 10.8. The molecule has 25 heavy (non-hydrogen) atoms. The third-order valence-electron chi connectivity index (χ3n) is 3.42. The summed E-state index contributed by atoms with van der Waals surface area (Å²) in [5, 5.41) is 10.2. The zero-order valence-electron chi connectivity index (χ0n) is 12.5. The summed E-state index contributed by atoms with van der Waals surface area (Å²) >= 11 is 18.0. The highest BCUT2D eigenvalue weighted by Crippen LogP contribution is 2.24. The molecule has 0 atom stereocenters. The molecule has 0 aliphatic rings. The number of hydrogen-bond acceptors (Lipinski definition) is 3. The third kappa shape index (κ3) is 3.56. The topological polar surface area (TPSA) is 77.1 Å². The second kappa shape index (κ2) is 6.92. The number of benzene rings is 1. The summed E-state index contributed by atoms with van der Waals surface area (Å²) in [7, 11) is 0. The number of carbonyl (C=O) groups is 1. The lowest BCUT2D eigenvalue weighted by molar-refractivity contribution is 0.0695. The monoisotopic (exact) mass is 397 g/mol. The molecule has 0 aliphatic carbocycles. The molecule has 128 valence electrons. The number of halogens is 3. The summed E-state index contributed by atoms with van der Waals surface area (Å²) in [6.45, 7) is 0.127. The minimum absolute atomic E-state index is 0.127. The van der Waals surface area contributed by atoms with Gasteiger partial charge in [0.05, 0.1) is 22.9 Å². The van der Waals surface area contributed by atoms with Crippen molar-refractivity contribution in [3.63, 3.8) is 0 Å². The molecule has 2 heterocycles. The summed E-state index contributed by atoms with van der Waals surface area (Å²) in [5.41, 5.74) is -0.226. The van der Waals surface area contributed by atoms with Crippen molar-refractivity contribution in [3.8, 4) is 5.69 Å². The van der Waals surface area contributed by atoms with Gasteiger partial charge in [0.1, 0.15) is 10.7 Å². The van der Waals surface area contributed by atoms with Gasteiger partial charge in [-0.15, -0.1) is 0 Å². The Bertz CT molecular complexity index is 1030. The molecule has 2 aromatic heterocycles. The molecule has 0 radical (unpaired) electrons. The number of aromatic nitrogens is 3. The second-order valence-electron chi connectivity index (χ2n) is 5.11. The lowest BCUT2D eigenvalue weighted by Crippen LogP contribution is -2.24. The van der Waals surface area contributed by atoms with Crippen LogP contribution in [0.25, 0.3) is 5.69 Å². The van der Waals surface area contributed by atoms with E-state index in [0.29, 0.717) is 21.6 Å². The lowest BCUT2D eigenvalue weighted by atomic mass is 10.3. The van der Waals surface area contributed by atoms with Crippen molar-refractivity contribution in [1.29, 1.82) is 0 Å². The molecule has 0 aliphatic heterocycles. The molecule has 0 bridgehead atoms. The summed E-state index contributed by atoms with van der Waals surface area (Å²) < 4.78 is 2.59. The van der Waals surface area contributed by atoms with E-state index in [1.54, 1.807) is 30.3 Å². The van der Waals surface area contributed by atoms with Crippen molar-refractivity contribution in [3.05, 3.63) is 79.4 Å². The first-order chi connectivity index (χ1) is 11.9. The molecule has 0 unspecified atom stereocenters. The van der Waals surface area contributed by atoms with Gasteiger partial charge in [0.25, 0.3) is 5.56 Å². The average Bonchev–Trinajstić information content (AvgIpc) is 2.84. The first-order valence-electron chi connectivity index (χ1n) is 6.99. The Morgan fingerprint density at radius 3 is 2.56 bits per heavy atom. The SMILES string of the molecule is O=C(O)c1cn(Cc2cccc(Cl)n2)n(-c2ccc(Cl)cc2Cl)c1=O. The van der Waals surface area contributed by atoms with E-state index in [4.69, 9.17) is 34.8 Å². The first kappa shape index (κ1) is 17.5. The van der Waals surface area contributed by atoms with Crippen LogP contribution in [0.4, 0.5) is 0 Å². The fourth-order valence-corrected chi connectivity index (χ4v) is 3.03. The number of pyridine rings is 1. The molecule has 1 aromatic carbocycles. The molecule has 0 amide bonds. The Hall–Kier alpha value is -2.28. The van der Waals surface area contributed by atoms with Gasteiger partial charge in [-0.25, -0.2) is 14.5 Å². The van der Waals surface area contributed by atoms with E-state index in [0.717, 1.165) is 0 Å². The van der Waals surface area contributed by atoms with Gasteiger partial charge in [-0.1, -0.05) is 40.9 Å². The van der Waals surface area contributed by atoms with Crippen molar-refractivity contribution >= 4 is 40.8 Å². The van der Waals surface area contributed by atoms with E-state index in [2.05, 4.69) is 4.98 Å². The van der Waals surface area contributed by atoms with Gasteiger partial charge in [-0.05, 0) is 30.3 Å². The Labute approximate surface area is 156 Å². The van der Waals surface area contributed by atoms with Crippen molar-refractivity contribution in [2.45, 2.75) is 6.54 Å². The quantitative estimate of drug-likeness (QED) is 0.679. The third-order valence-corrected chi connectivity index (χ3v) is 4.17. The van der Waals surface area contributed by atoms with E-state index >= 15 is 0 Å². The molecule has 0 saturated carbocycles. The lowest BCUT2D eigenvalue weighted by Gasteiger charge is -2.13. The molecule has 0 spiro atoms. The summed E-state index contributed by atoms with van der Waals surface area (Å²) in [6.07, 6.45) is 1.23. The van der Waals surface area contributed by atoms with Crippen molar-refractivity contribution in [2.24, 2.45) is 0 Å². The van der Waals surface area contributed by atoms with Crippen molar-refractivity contribution < 1.29 is 9.90 Å². The molecule has 9 heteroatoms. The largest absolute Gasteiger partial charge is 0.477 e.